The van der Waals surface area contributed by atoms with Gasteiger partial charge in [-0.1, -0.05) is 29.8 Å². The van der Waals surface area contributed by atoms with Gasteiger partial charge in [0, 0.05) is 27.5 Å². The molecule has 0 spiro atoms. The van der Waals surface area contributed by atoms with Crippen molar-refractivity contribution in [3.8, 4) is 10.8 Å². The minimum Gasteiger partial charge on any atom is -0.496 e. The molecule has 0 fully saturated rings. The van der Waals surface area contributed by atoms with Crippen molar-refractivity contribution in [2.75, 3.05) is 12.4 Å². The van der Waals surface area contributed by atoms with E-state index < -0.39 is 0 Å². The molecule has 1 aliphatic carbocycles. The third kappa shape index (κ3) is 5.38. The lowest BCUT2D eigenvalue weighted by Gasteiger charge is -2.14. The Hall–Kier alpha value is -4.17. The number of benzene rings is 2. The third-order valence-electron chi connectivity index (χ3n) is 7.08. The highest BCUT2D eigenvalue weighted by atomic mass is 32.1. The second-order valence-corrected chi connectivity index (χ2v) is 10.9. The first-order valence-corrected chi connectivity index (χ1v) is 13.9. The van der Waals surface area contributed by atoms with Gasteiger partial charge in [0.1, 0.15) is 10.8 Å². The Kier molecular flexibility index (Phi) is 7.65. The molecule has 0 saturated heterocycles. The molecule has 2 N–H and O–H groups in total. The molecular formula is C31H32N4O3S. The molecule has 0 saturated carbocycles. The van der Waals surface area contributed by atoms with Gasteiger partial charge in [-0.25, -0.2) is 5.43 Å². The van der Waals surface area contributed by atoms with E-state index in [1.54, 1.807) is 35.8 Å². The van der Waals surface area contributed by atoms with Gasteiger partial charge in [0.2, 0.25) is 0 Å². The highest BCUT2D eigenvalue weighted by Gasteiger charge is 2.28. The largest absolute Gasteiger partial charge is 0.496 e. The highest BCUT2D eigenvalue weighted by molar-refractivity contribution is 7.15. The van der Waals surface area contributed by atoms with E-state index in [9.17, 15) is 9.59 Å². The Bertz CT molecular complexity index is 1560. The maximum absolute atomic E-state index is 13.7. The van der Waals surface area contributed by atoms with Gasteiger partial charge < -0.3 is 14.6 Å². The Morgan fingerprint density at radius 2 is 1.74 bits per heavy atom. The number of hydrazone groups is 1. The summed E-state index contributed by atoms with van der Waals surface area (Å²) in [6.45, 7) is 6.07. The van der Waals surface area contributed by atoms with Crippen LogP contribution in [0.25, 0.3) is 5.00 Å². The number of hydrogen-bond donors (Lipinski definition) is 2. The van der Waals surface area contributed by atoms with Crippen molar-refractivity contribution < 1.29 is 14.3 Å². The molecule has 39 heavy (non-hydrogen) atoms. The first-order chi connectivity index (χ1) is 18.9. The van der Waals surface area contributed by atoms with Crippen LogP contribution in [0.4, 0.5) is 5.69 Å². The number of aromatic nitrogens is 1. The molecular weight excluding hydrogens is 508 g/mol. The number of ether oxygens (including phenoxy) is 1. The maximum atomic E-state index is 13.7. The first kappa shape index (κ1) is 26.4. The van der Waals surface area contributed by atoms with Gasteiger partial charge in [-0.2, -0.15) is 5.10 Å². The van der Waals surface area contributed by atoms with Crippen LogP contribution in [-0.2, 0) is 12.8 Å². The molecule has 0 bridgehead atoms. The van der Waals surface area contributed by atoms with E-state index in [0.29, 0.717) is 11.3 Å². The lowest BCUT2D eigenvalue weighted by molar-refractivity contribution is 0.0951. The number of nitrogens with one attached hydrogen (secondary N) is 2. The fraction of sp³-hybridized carbons (Fsp3) is 0.258. The number of carbonyl (C=O) groups is 2. The molecule has 200 valence electrons. The molecule has 1 aliphatic rings. The van der Waals surface area contributed by atoms with Crippen LogP contribution in [0.1, 0.15) is 66.5 Å². The summed E-state index contributed by atoms with van der Waals surface area (Å²) in [5, 5.41) is 8.27. The zero-order valence-corrected chi connectivity index (χ0v) is 23.4. The molecule has 2 heterocycles. The summed E-state index contributed by atoms with van der Waals surface area (Å²) in [7, 11) is 1.53. The maximum Gasteiger partial charge on any atom is 0.275 e. The monoisotopic (exact) mass is 540 g/mol. The second-order valence-electron chi connectivity index (χ2n) is 9.77. The summed E-state index contributed by atoms with van der Waals surface area (Å²) >= 11 is 1.70. The van der Waals surface area contributed by atoms with Gasteiger partial charge in [-0.05, 0) is 82.3 Å². The summed E-state index contributed by atoms with van der Waals surface area (Å²) in [4.78, 5) is 27.6. The average molecular weight is 541 g/mol. The van der Waals surface area contributed by atoms with Crippen molar-refractivity contribution in [3.63, 3.8) is 0 Å². The van der Waals surface area contributed by atoms with Gasteiger partial charge in [0.15, 0.2) is 0 Å². The number of anilines is 1. The summed E-state index contributed by atoms with van der Waals surface area (Å²) in [6, 6.07) is 16.9. The van der Waals surface area contributed by atoms with Gasteiger partial charge in [0.25, 0.3) is 11.8 Å². The second kappa shape index (κ2) is 11.3. The van der Waals surface area contributed by atoms with Gasteiger partial charge >= 0.3 is 0 Å². The van der Waals surface area contributed by atoms with Crippen molar-refractivity contribution in [2.45, 2.75) is 46.5 Å². The van der Waals surface area contributed by atoms with Crippen LogP contribution in [0.5, 0.6) is 5.75 Å². The molecule has 0 radical (unpaired) electrons. The Morgan fingerprint density at radius 1 is 1.00 bits per heavy atom. The molecule has 7 nitrogen and oxygen atoms in total. The predicted octanol–water partition coefficient (Wildman–Crippen LogP) is 6.37. The first-order valence-electron chi connectivity index (χ1n) is 13.1. The number of amides is 2. The number of rotatable bonds is 7. The minimum atomic E-state index is -0.349. The van der Waals surface area contributed by atoms with Gasteiger partial charge in [-0.3, -0.25) is 9.59 Å². The number of para-hydroxylation sites is 1. The van der Waals surface area contributed by atoms with Crippen LogP contribution in [-0.4, -0.2) is 29.7 Å². The van der Waals surface area contributed by atoms with Gasteiger partial charge in [0.05, 0.1) is 24.5 Å². The van der Waals surface area contributed by atoms with E-state index in [0.717, 1.165) is 70.0 Å². The Balaban J connectivity index is 1.45. The number of thiophene rings is 1. The zero-order valence-electron chi connectivity index (χ0n) is 22.6. The SMILES string of the molecule is COc1ccccc1C(=O)N/N=C\c1cc(C)n(-c2sc3c(c2C(=O)Nc2ccc(C)cc2)CCCC3)c1C. The van der Waals surface area contributed by atoms with Crippen molar-refractivity contribution in [1.29, 1.82) is 0 Å². The average Bonchev–Trinajstić information content (AvgIpc) is 3.45. The summed E-state index contributed by atoms with van der Waals surface area (Å²) in [5.41, 5.74) is 9.67. The zero-order chi connectivity index (χ0) is 27.5. The Labute approximate surface area is 232 Å². The normalized spacial score (nSPS) is 12.8. The quantitative estimate of drug-likeness (QED) is 0.211. The fourth-order valence-electron chi connectivity index (χ4n) is 5.06. The van der Waals surface area contributed by atoms with Crippen LogP contribution in [0.15, 0.2) is 59.7 Å². The van der Waals surface area contributed by atoms with Crippen molar-refractivity contribution in [3.05, 3.63) is 98.7 Å². The molecule has 5 rings (SSSR count). The van der Waals surface area contributed by atoms with Crippen LogP contribution in [0.3, 0.4) is 0 Å². The molecule has 4 aromatic rings. The van der Waals surface area contributed by atoms with E-state index >= 15 is 0 Å². The van der Waals surface area contributed by atoms with E-state index in [1.165, 1.54) is 12.0 Å². The summed E-state index contributed by atoms with van der Waals surface area (Å²) in [5.74, 6) is 0.0556. The van der Waals surface area contributed by atoms with Crippen molar-refractivity contribution >= 4 is 35.1 Å². The number of nitrogens with zero attached hydrogens (tertiary/aromatic N) is 2. The molecule has 2 amide bonds. The van der Waals surface area contributed by atoms with Crippen LogP contribution in [0.2, 0.25) is 0 Å². The van der Waals surface area contributed by atoms with E-state index in [-0.39, 0.29) is 11.8 Å². The predicted molar refractivity (Wildman–Crippen MR) is 157 cm³/mol. The lowest BCUT2D eigenvalue weighted by atomic mass is 9.95. The number of hydrogen-bond acceptors (Lipinski definition) is 5. The van der Waals surface area contributed by atoms with Crippen molar-refractivity contribution in [2.24, 2.45) is 5.10 Å². The molecule has 2 aromatic carbocycles. The third-order valence-corrected chi connectivity index (χ3v) is 8.36. The number of methoxy groups -OCH3 is 1. The standard InChI is InChI=1S/C31H32N4O3S/c1-19-13-15-23(16-14-19)33-30(37)28-25-10-6-8-12-27(25)39-31(28)35-20(2)17-22(21(35)3)18-32-34-29(36)24-9-5-7-11-26(24)38-4/h5,7,9,11,13-18H,6,8,10,12H2,1-4H3,(H,33,37)(H,34,36)/b32-18-. The smallest absolute Gasteiger partial charge is 0.275 e. The Morgan fingerprint density at radius 3 is 2.51 bits per heavy atom. The molecule has 8 heteroatoms. The van der Waals surface area contributed by atoms with E-state index in [4.69, 9.17) is 4.74 Å². The topological polar surface area (TPSA) is 84.7 Å². The van der Waals surface area contributed by atoms with Gasteiger partial charge in [-0.15, -0.1) is 11.3 Å². The van der Waals surface area contributed by atoms with Crippen LogP contribution < -0.4 is 15.5 Å². The number of aryl methyl sites for hydroxylation is 3. The van der Waals surface area contributed by atoms with E-state index in [2.05, 4.69) is 20.4 Å². The van der Waals surface area contributed by atoms with Crippen LogP contribution in [0, 0.1) is 20.8 Å². The summed E-state index contributed by atoms with van der Waals surface area (Å²) in [6.07, 6.45) is 5.77. The molecule has 0 unspecified atom stereocenters. The van der Waals surface area contributed by atoms with E-state index in [1.807, 2.05) is 57.2 Å². The highest BCUT2D eigenvalue weighted by Crippen LogP contribution is 2.39. The molecule has 0 atom stereocenters. The lowest BCUT2D eigenvalue weighted by Crippen LogP contribution is -2.18. The van der Waals surface area contributed by atoms with Crippen LogP contribution >= 0.6 is 11.3 Å². The fourth-order valence-corrected chi connectivity index (χ4v) is 6.55. The number of carbonyl (C=O) groups excluding carboxylic acids is 2. The summed E-state index contributed by atoms with van der Waals surface area (Å²) < 4.78 is 7.41. The minimum absolute atomic E-state index is 0.0833. The number of fused-ring (bicyclic) bond motifs is 1. The van der Waals surface area contributed by atoms with Crippen molar-refractivity contribution in [1.82, 2.24) is 9.99 Å². The molecule has 2 aromatic heterocycles. The molecule has 0 aliphatic heterocycles.